The lowest BCUT2D eigenvalue weighted by molar-refractivity contribution is 0.299. The molecule has 0 atom stereocenters. The molecule has 0 aliphatic carbocycles. The number of hydrogen-bond acceptors (Lipinski definition) is 3. The fourth-order valence-electron chi connectivity index (χ4n) is 3.43. The molecule has 168 valence electrons. The SMILES string of the molecule is COc1ccc(-c2ccc(-c3ccc(OCc4ccc(OC)cc4F)cc3)c(F)c2F)cc1. The molecule has 0 bridgehead atoms. The first-order chi connectivity index (χ1) is 16.0. The minimum atomic E-state index is -0.933. The Balaban J connectivity index is 1.51. The molecule has 0 aliphatic heterocycles. The lowest BCUT2D eigenvalue weighted by Crippen LogP contribution is -1.99. The maximum atomic E-state index is 14.9. The van der Waals surface area contributed by atoms with Crippen LogP contribution in [0.5, 0.6) is 17.2 Å². The van der Waals surface area contributed by atoms with E-state index in [-0.39, 0.29) is 17.7 Å². The van der Waals surface area contributed by atoms with Gasteiger partial charge in [0.1, 0.15) is 29.7 Å². The molecule has 0 saturated heterocycles. The van der Waals surface area contributed by atoms with E-state index in [1.54, 1.807) is 72.8 Å². The summed E-state index contributed by atoms with van der Waals surface area (Å²) in [5.41, 5.74) is 1.73. The van der Waals surface area contributed by atoms with E-state index in [9.17, 15) is 13.2 Å². The van der Waals surface area contributed by atoms with Gasteiger partial charge in [-0.25, -0.2) is 13.2 Å². The van der Waals surface area contributed by atoms with Crippen molar-refractivity contribution in [3.8, 4) is 39.5 Å². The highest BCUT2D eigenvalue weighted by Crippen LogP contribution is 2.33. The Kier molecular flexibility index (Phi) is 6.54. The first-order valence-corrected chi connectivity index (χ1v) is 10.2. The highest BCUT2D eigenvalue weighted by molar-refractivity contribution is 5.72. The largest absolute Gasteiger partial charge is 0.497 e. The minimum Gasteiger partial charge on any atom is -0.497 e. The number of ether oxygens (including phenoxy) is 3. The Bertz CT molecular complexity index is 1250. The molecule has 0 radical (unpaired) electrons. The van der Waals surface area contributed by atoms with Crippen molar-refractivity contribution in [3.05, 3.63) is 102 Å². The van der Waals surface area contributed by atoms with Crippen LogP contribution in [0.4, 0.5) is 13.2 Å². The van der Waals surface area contributed by atoms with Crippen LogP contribution in [0, 0.1) is 17.5 Å². The first kappa shape index (κ1) is 22.3. The minimum absolute atomic E-state index is 0.0225. The van der Waals surface area contributed by atoms with E-state index in [1.165, 1.54) is 20.3 Å². The summed E-state index contributed by atoms with van der Waals surface area (Å²) in [5, 5.41) is 0. The molecular weight excluding hydrogens is 429 g/mol. The molecule has 0 fully saturated rings. The van der Waals surface area contributed by atoms with Crippen molar-refractivity contribution >= 4 is 0 Å². The second-order valence-electron chi connectivity index (χ2n) is 7.29. The average molecular weight is 450 g/mol. The third-order valence-electron chi connectivity index (χ3n) is 5.30. The molecule has 0 saturated carbocycles. The van der Waals surface area contributed by atoms with Crippen molar-refractivity contribution in [2.24, 2.45) is 0 Å². The molecular formula is C27H21F3O3. The summed E-state index contributed by atoms with van der Waals surface area (Å²) in [6.45, 7) is 0.0225. The second-order valence-corrected chi connectivity index (χ2v) is 7.29. The quantitative estimate of drug-likeness (QED) is 0.302. The molecule has 0 unspecified atom stereocenters. The molecule has 0 amide bonds. The standard InChI is InChI=1S/C27H21F3O3/c1-31-20-8-3-17(4-9-20)23-13-14-24(27(30)26(23)29)18-5-10-21(11-6-18)33-16-19-7-12-22(32-2)15-25(19)28/h3-15H,16H2,1-2H3. The van der Waals surface area contributed by atoms with Crippen LogP contribution in [-0.4, -0.2) is 14.2 Å². The topological polar surface area (TPSA) is 27.7 Å². The van der Waals surface area contributed by atoms with Gasteiger partial charge in [-0.05, 0) is 47.5 Å². The zero-order valence-corrected chi connectivity index (χ0v) is 18.1. The molecule has 6 heteroatoms. The lowest BCUT2D eigenvalue weighted by Gasteiger charge is -2.11. The van der Waals surface area contributed by atoms with Crippen LogP contribution in [0.15, 0.2) is 78.9 Å². The fraction of sp³-hybridized carbons (Fsp3) is 0.111. The van der Waals surface area contributed by atoms with Crippen LogP contribution in [0.25, 0.3) is 22.3 Å². The monoisotopic (exact) mass is 450 g/mol. The zero-order valence-electron chi connectivity index (χ0n) is 18.1. The third kappa shape index (κ3) is 4.80. The number of benzene rings is 4. The van der Waals surface area contributed by atoms with Gasteiger partial charge in [0.25, 0.3) is 0 Å². The van der Waals surface area contributed by atoms with Gasteiger partial charge in [-0.1, -0.05) is 36.4 Å². The van der Waals surface area contributed by atoms with E-state index < -0.39 is 17.5 Å². The molecule has 0 aromatic heterocycles. The van der Waals surface area contributed by atoms with Crippen LogP contribution in [0.1, 0.15) is 5.56 Å². The Morgan fingerprint density at radius 1 is 0.576 bits per heavy atom. The Hall–Kier alpha value is -3.93. The van der Waals surface area contributed by atoms with Gasteiger partial charge < -0.3 is 14.2 Å². The van der Waals surface area contributed by atoms with E-state index in [2.05, 4.69) is 0 Å². The van der Waals surface area contributed by atoms with E-state index in [1.807, 2.05) is 0 Å². The summed E-state index contributed by atoms with van der Waals surface area (Å²) in [7, 11) is 3.01. The second kappa shape index (κ2) is 9.69. The van der Waals surface area contributed by atoms with Gasteiger partial charge in [-0.2, -0.15) is 0 Å². The normalized spacial score (nSPS) is 10.7. The molecule has 33 heavy (non-hydrogen) atoms. The molecule has 0 heterocycles. The van der Waals surface area contributed by atoms with Crippen LogP contribution < -0.4 is 14.2 Å². The fourth-order valence-corrected chi connectivity index (χ4v) is 3.43. The third-order valence-corrected chi connectivity index (χ3v) is 5.30. The molecule has 3 nitrogen and oxygen atoms in total. The van der Waals surface area contributed by atoms with Gasteiger partial charge in [0.05, 0.1) is 14.2 Å². The van der Waals surface area contributed by atoms with Gasteiger partial charge >= 0.3 is 0 Å². The Morgan fingerprint density at radius 2 is 1.06 bits per heavy atom. The number of hydrogen-bond donors (Lipinski definition) is 0. The molecule has 0 aliphatic rings. The summed E-state index contributed by atoms with van der Waals surface area (Å²) in [5.74, 6) is -0.753. The summed E-state index contributed by atoms with van der Waals surface area (Å²) < 4.78 is 59.5. The van der Waals surface area contributed by atoms with Gasteiger partial charge in [0.15, 0.2) is 11.6 Å². The van der Waals surface area contributed by atoms with Gasteiger partial charge in [0, 0.05) is 22.8 Å². The summed E-state index contributed by atoms with van der Waals surface area (Å²) in [4.78, 5) is 0. The first-order valence-electron chi connectivity index (χ1n) is 10.2. The molecule has 4 aromatic rings. The maximum Gasteiger partial charge on any atom is 0.167 e. The molecule has 0 spiro atoms. The van der Waals surface area contributed by atoms with Gasteiger partial charge in [-0.15, -0.1) is 0 Å². The van der Waals surface area contributed by atoms with Crippen molar-refractivity contribution in [1.82, 2.24) is 0 Å². The number of rotatable bonds is 7. The summed E-state index contributed by atoms with van der Waals surface area (Å²) in [6, 6.07) is 20.9. The zero-order chi connectivity index (χ0) is 23.4. The highest BCUT2D eigenvalue weighted by Gasteiger charge is 2.16. The predicted octanol–water partition coefficient (Wildman–Crippen LogP) is 7.03. The lowest BCUT2D eigenvalue weighted by atomic mass is 9.98. The molecule has 4 rings (SSSR count). The maximum absolute atomic E-state index is 14.9. The van der Waals surface area contributed by atoms with Crippen molar-refractivity contribution in [2.75, 3.05) is 14.2 Å². The van der Waals surface area contributed by atoms with Gasteiger partial charge in [-0.3, -0.25) is 0 Å². The van der Waals surface area contributed by atoms with Crippen LogP contribution in [-0.2, 0) is 6.61 Å². The number of methoxy groups -OCH3 is 2. The molecule has 4 aromatic carbocycles. The van der Waals surface area contributed by atoms with E-state index in [4.69, 9.17) is 14.2 Å². The van der Waals surface area contributed by atoms with Crippen molar-refractivity contribution in [3.63, 3.8) is 0 Å². The van der Waals surface area contributed by atoms with Gasteiger partial charge in [0.2, 0.25) is 0 Å². The Morgan fingerprint density at radius 3 is 1.55 bits per heavy atom. The average Bonchev–Trinajstić information content (AvgIpc) is 2.85. The van der Waals surface area contributed by atoms with Crippen LogP contribution >= 0.6 is 0 Å². The summed E-state index contributed by atoms with van der Waals surface area (Å²) in [6.07, 6.45) is 0. The summed E-state index contributed by atoms with van der Waals surface area (Å²) >= 11 is 0. The predicted molar refractivity (Wildman–Crippen MR) is 121 cm³/mol. The van der Waals surface area contributed by atoms with E-state index >= 15 is 0 Å². The number of halogens is 3. The van der Waals surface area contributed by atoms with Crippen LogP contribution in [0.3, 0.4) is 0 Å². The van der Waals surface area contributed by atoms with E-state index in [0.717, 1.165) is 0 Å². The van der Waals surface area contributed by atoms with Crippen LogP contribution in [0.2, 0.25) is 0 Å². The van der Waals surface area contributed by atoms with Crippen molar-refractivity contribution < 1.29 is 27.4 Å². The van der Waals surface area contributed by atoms with Crippen molar-refractivity contribution in [2.45, 2.75) is 6.61 Å². The van der Waals surface area contributed by atoms with Crippen molar-refractivity contribution in [1.29, 1.82) is 0 Å². The van der Waals surface area contributed by atoms with E-state index in [0.29, 0.717) is 33.9 Å². The highest BCUT2D eigenvalue weighted by atomic mass is 19.2. The molecule has 0 N–H and O–H groups in total. The smallest absolute Gasteiger partial charge is 0.167 e. The Labute approximate surface area is 190 Å².